The number of hydrogen-bond donors (Lipinski definition) is 0. The van der Waals surface area contributed by atoms with Gasteiger partial charge in [0.1, 0.15) is 12.2 Å². The van der Waals surface area contributed by atoms with Crippen molar-refractivity contribution >= 4 is 22.5 Å². The molecule has 0 bridgehead atoms. The number of ketones is 1. The van der Waals surface area contributed by atoms with E-state index in [0.29, 0.717) is 6.61 Å². The molecule has 19 heavy (non-hydrogen) atoms. The number of fused-ring (bicyclic) bond motifs is 1. The number of carbonyl (C=O) groups excluding carboxylic acids is 2. The SMILES string of the molecule is CCOC(=O)CC(=O)Cc1ccc2ccccc2c1. The minimum Gasteiger partial charge on any atom is -0.466 e. The van der Waals surface area contributed by atoms with Crippen LogP contribution >= 0.6 is 0 Å². The van der Waals surface area contributed by atoms with Crippen molar-refractivity contribution in [1.82, 2.24) is 0 Å². The molecule has 2 aromatic rings. The van der Waals surface area contributed by atoms with Crippen molar-refractivity contribution in [2.24, 2.45) is 0 Å². The predicted molar refractivity (Wildman–Crippen MR) is 73.9 cm³/mol. The Kier molecular flexibility index (Phi) is 4.29. The molecule has 0 aromatic heterocycles. The number of rotatable bonds is 5. The van der Waals surface area contributed by atoms with Crippen molar-refractivity contribution in [1.29, 1.82) is 0 Å². The summed E-state index contributed by atoms with van der Waals surface area (Å²) in [4.78, 5) is 22.9. The van der Waals surface area contributed by atoms with E-state index in [1.807, 2.05) is 42.5 Å². The van der Waals surface area contributed by atoms with E-state index in [9.17, 15) is 9.59 Å². The molecule has 0 atom stereocenters. The van der Waals surface area contributed by atoms with Gasteiger partial charge in [0, 0.05) is 6.42 Å². The molecule has 0 spiro atoms. The number of Topliss-reactive ketones (excluding diaryl/α,β-unsaturated/α-hetero) is 1. The Morgan fingerprint density at radius 3 is 2.53 bits per heavy atom. The van der Waals surface area contributed by atoms with Crippen LogP contribution in [0.5, 0.6) is 0 Å². The van der Waals surface area contributed by atoms with E-state index in [4.69, 9.17) is 4.74 Å². The van der Waals surface area contributed by atoms with E-state index in [2.05, 4.69) is 0 Å². The summed E-state index contributed by atoms with van der Waals surface area (Å²) in [7, 11) is 0. The van der Waals surface area contributed by atoms with Gasteiger partial charge in [-0.15, -0.1) is 0 Å². The van der Waals surface area contributed by atoms with Crippen molar-refractivity contribution in [3.05, 3.63) is 48.0 Å². The minimum atomic E-state index is -0.451. The molecule has 0 fully saturated rings. The maximum absolute atomic E-state index is 11.7. The molecular weight excluding hydrogens is 240 g/mol. The molecule has 0 heterocycles. The smallest absolute Gasteiger partial charge is 0.313 e. The fraction of sp³-hybridized carbons (Fsp3) is 0.250. The number of esters is 1. The Morgan fingerprint density at radius 2 is 1.79 bits per heavy atom. The van der Waals surface area contributed by atoms with Crippen LogP contribution in [0, 0.1) is 0 Å². The zero-order valence-corrected chi connectivity index (χ0v) is 10.9. The van der Waals surface area contributed by atoms with E-state index in [-0.39, 0.29) is 18.6 Å². The lowest BCUT2D eigenvalue weighted by Gasteiger charge is -2.04. The second-order valence-electron chi connectivity index (χ2n) is 4.38. The van der Waals surface area contributed by atoms with Crippen LogP contribution in [0.3, 0.4) is 0 Å². The topological polar surface area (TPSA) is 43.4 Å². The molecule has 3 nitrogen and oxygen atoms in total. The van der Waals surface area contributed by atoms with Gasteiger partial charge in [-0.3, -0.25) is 9.59 Å². The Morgan fingerprint density at radius 1 is 1.05 bits per heavy atom. The highest BCUT2D eigenvalue weighted by molar-refractivity contribution is 5.97. The first-order valence-electron chi connectivity index (χ1n) is 6.34. The van der Waals surface area contributed by atoms with Crippen molar-refractivity contribution < 1.29 is 14.3 Å². The normalized spacial score (nSPS) is 10.4. The zero-order valence-electron chi connectivity index (χ0n) is 10.9. The van der Waals surface area contributed by atoms with Gasteiger partial charge >= 0.3 is 5.97 Å². The van der Waals surface area contributed by atoms with Crippen molar-refractivity contribution in [2.75, 3.05) is 6.61 Å². The Hall–Kier alpha value is -2.16. The Bertz CT molecular complexity index is 602. The third kappa shape index (κ3) is 3.65. The number of ether oxygens (including phenoxy) is 1. The fourth-order valence-corrected chi connectivity index (χ4v) is 2.01. The van der Waals surface area contributed by atoms with E-state index >= 15 is 0 Å². The molecule has 0 aliphatic rings. The molecule has 0 N–H and O–H groups in total. The van der Waals surface area contributed by atoms with Crippen LogP contribution < -0.4 is 0 Å². The van der Waals surface area contributed by atoms with Crippen LogP contribution in [0.2, 0.25) is 0 Å². The van der Waals surface area contributed by atoms with E-state index in [1.54, 1.807) is 6.92 Å². The van der Waals surface area contributed by atoms with Crippen LogP contribution in [-0.2, 0) is 20.7 Å². The van der Waals surface area contributed by atoms with Crippen molar-refractivity contribution in [3.8, 4) is 0 Å². The number of benzene rings is 2. The second kappa shape index (κ2) is 6.14. The first kappa shape index (κ1) is 13.3. The van der Waals surface area contributed by atoms with Crippen LogP contribution in [0.4, 0.5) is 0 Å². The van der Waals surface area contributed by atoms with Gasteiger partial charge < -0.3 is 4.74 Å². The first-order valence-corrected chi connectivity index (χ1v) is 6.34. The Labute approximate surface area is 112 Å². The highest BCUT2D eigenvalue weighted by Crippen LogP contribution is 2.16. The summed E-state index contributed by atoms with van der Waals surface area (Å²) in [5, 5.41) is 2.24. The summed E-state index contributed by atoms with van der Waals surface area (Å²) in [6.45, 7) is 2.04. The molecule has 0 saturated heterocycles. The summed E-state index contributed by atoms with van der Waals surface area (Å²) in [5.74, 6) is -0.568. The van der Waals surface area contributed by atoms with Crippen molar-refractivity contribution in [3.63, 3.8) is 0 Å². The lowest BCUT2D eigenvalue weighted by molar-refractivity contribution is -0.145. The van der Waals surface area contributed by atoms with Gasteiger partial charge in [-0.2, -0.15) is 0 Å². The minimum absolute atomic E-state index is 0.117. The molecule has 2 aromatic carbocycles. The van der Waals surface area contributed by atoms with Gasteiger partial charge in [-0.05, 0) is 23.3 Å². The Balaban J connectivity index is 2.04. The molecule has 98 valence electrons. The van der Waals surface area contributed by atoms with E-state index in [1.165, 1.54) is 0 Å². The predicted octanol–water partition coefficient (Wildman–Crippen LogP) is 2.90. The largest absolute Gasteiger partial charge is 0.466 e. The fourth-order valence-electron chi connectivity index (χ4n) is 2.01. The monoisotopic (exact) mass is 256 g/mol. The summed E-state index contributed by atoms with van der Waals surface area (Å²) in [6.07, 6.45) is 0.115. The highest BCUT2D eigenvalue weighted by atomic mass is 16.5. The molecule has 3 heteroatoms. The lowest BCUT2D eigenvalue weighted by Crippen LogP contribution is -2.12. The third-order valence-corrected chi connectivity index (χ3v) is 2.86. The second-order valence-corrected chi connectivity index (χ2v) is 4.38. The molecule has 0 aliphatic carbocycles. The molecule has 0 amide bonds. The van der Waals surface area contributed by atoms with Crippen LogP contribution in [0.15, 0.2) is 42.5 Å². The molecule has 0 saturated carbocycles. The quantitative estimate of drug-likeness (QED) is 0.610. The number of hydrogen-bond acceptors (Lipinski definition) is 3. The standard InChI is InChI=1S/C16H16O3/c1-2-19-16(18)11-15(17)10-12-7-8-13-5-3-4-6-14(13)9-12/h3-9H,2,10-11H2,1H3. The van der Waals surface area contributed by atoms with E-state index in [0.717, 1.165) is 16.3 Å². The molecular formula is C16H16O3. The molecule has 0 aliphatic heterocycles. The molecule has 2 rings (SSSR count). The maximum atomic E-state index is 11.7. The van der Waals surface area contributed by atoms with Crippen LogP contribution in [-0.4, -0.2) is 18.4 Å². The molecule has 0 unspecified atom stereocenters. The summed E-state index contributed by atoms with van der Waals surface area (Å²) in [5.41, 5.74) is 0.924. The van der Waals surface area contributed by atoms with Crippen molar-refractivity contribution in [2.45, 2.75) is 19.8 Å². The number of carbonyl (C=O) groups is 2. The van der Waals surface area contributed by atoms with Gasteiger partial charge in [-0.25, -0.2) is 0 Å². The zero-order chi connectivity index (χ0) is 13.7. The van der Waals surface area contributed by atoms with Gasteiger partial charge in [0.05, 0.1) is 6.61 Å². The van der Waals surface area contributed by atoms with E-state index < -0.39 is 5.97 Å². The van der Waals surface area contributed by atoms with Crippen LogP contribution in [0.25, 0.3) is 10.8 Å². The summed E-state index contributed by atoms with van der Waals surface area (Å²) < 4.78 is 4.76. The summed E-state index contributed by atoms with van der Waals surface area (Å²) >= 11 is 0. The van der Waals surface area contributed by atoms with Crippen LogP contribution in [0.1, 0.15) is 18.9 Å². The van der Waals surface area contributed by atoms with Gasteiger partial charge in [-0.1, -0.05) is 42.5 Å². The lowest BCUT2D eigenvalue weighted by atomic mass is 10.0. The average molecular weight is 256 g/mol. The average Bonchev–Trinajstić information content (AvgIpc) is 2.38. The third-order valence-electron chi connectivity index (χ3n) is 2.86. The first-order chi connectivity index (χ1) is 9.19. The van der Waals surface area contributed by atoms with Gasteiger partial charge in [0.2, 0.25) is 0 Å². The van der Waals surface area contributed by atoms with Gasteiger partial charge in [0.25, 0.3) is 0 Å². The van der Waals surface area contributed by atoms with Gasteiger partial charge in [0.15, 0.2) is 0 Å². The highest BCUT2D eigenvalue weighted by Gasteiger charge is 2.11. The molecule has 0 radical (unpaired) electrons. The maximum Gasteiger partial charge on any atom is 0.313 e. The summed E-state index contributed by atoms with van der Waals surface area (Å²) in [6, 6.07) is 13.9.